The third-order valence-corrected chi connectivity index (χ3v) is 6.62. The van der Waals surface area contributed by atoms with Gasteiger partial charge in [0.05, 0.1) is 6.54 Å². The van der Waals surface area contributed by atoms with E-state index in [1.165, 1.54) is 52.7 Å². The Bertz CT molecular complexity index is 807. The van der Waals surface area contributed by atoms with Crippen molar-refractivity contribution < 1.29 is 0 Å². The number of aliphatic imine (C=N–C) groups is 1. The van der Waals surface area contributed by atoms with E-state index in [4.69, 9.17) is 4.99 Å². The Kier molecular flexibility index (Phi) is 4.94. The van der Waals surface area contributed by atoms with Crippen LogP contribution in [0.5, 0.6) is 0 Å². The Hall–Kier alpha value is -1.94. The molecule has 2 aliphatic rings. The minimum Gasteiger partial charge on any atom is -0.377 e. The van der Waals surface area contributed by atoms with Crippen LogP contribution in [0.25, 0.3) is 0 Å². The fraction of sp³-hybridized carbons (Fsp3) is 0.409. The second-order valence-corrected chi connectivity index (χ2v) is 8.76. The van der Waals surface area contributed by atoms with Gasteiger partial charge in [0.25, 0.3) is 0 Å². The van der Waals surface area contributed by atoms with Crippen LogP contribution in [-0.4, -0.2) is 31.4 Å². The molecule has 4 heteroatoms. The topological polar surface area (TPSA) is 27.6 Å². The van der Waals surface area contributed by atoms with Crippen LogP contribution in [-0.2, 0) is 13.0 Å². The van der Waals surface area contributed by atoms with Gasteiger partial charge in [-0.2, -0.15) is 11.8 Å². The molecule has 2 aromatic rings. The monoisotopic (exact) mass is 365 g/mol. The van der Waals surface area contributed by atoms with Crippen LogP contribution in [0, 0.1) is 5.41 Å². The van der Waals surface area contributed by atoms with Crippen molar-refractivity contribution in [1.29, 1.82) is 0 Å². The number of thioether (sulfide) groups is 1. The number of benzene rings is 2. The zero-order valence-electron chi connectivity index (χ0n) is 15.7. The molecule has 2 heterocycles. The molecule has 0 aliphatic carbocycles. The molecule has 3 nitrogen and oxygen atoms in total. The van der Waals surface area contributed by atoms with Gasteiger partial charge in [0.2, 0.25) is 0 Å². The quantitative estimate of drug-likeness (QED) is 0.844. The summed E-state index contributed by atoms with van der Waals surface area (Å²) in [5.74, 6) is 3.67. The number of nitrogens with one attached hydrogen (secondary N) is 1. The van der Waals surface area contributed by atoms with Gasteiger partial charge in [-0.1, -0.05) is 36.4 Å². The van der Waals surface area contributed by atoms with Crippen LogP contribution in [0.15, 0.2) is 53.5 Å². The summed E-state index contributed by atoms with van der Waals surface area (Å²) >= 11 is 2.08. The highest BCUT2D eigenvalue weighted by molar-refractivity contribution is 7.99. The molecule has 136 valence electrons. The lowest BCUT2D eigenvalue weighted by Crippen LogP contribution is -2.44. The second kappa shape index (κ2) is 7.36. The second-order valence-electron chi connectivity index (χ2n) is 7.54. The molecule has 0 saturated carbocycles. The Labute approximate surface area is 160 Å². The molecule has 1 fully saturated rings. The molecule has 1 saturated heterocycles. The zero-order chi connectivity index (χ0) is 18.0. The van der Waals surface area contributed by atoms with E-state index in [-0.39, 0.29) is 5.41 Å². The summed E-state index contributed by atoms with van der Waals surface area (Å²) in [6.07, 6.45) is 3.55. The molecule has 0 atom stereocenters. The minimum absolute atomic E-state index is 0.187. The Morgan fingerprint density at radius 1 is 1.04 bits per heavy atom. The lowest BCUT2D eigenvalue weighted by molar-refractivity contribution is 0.377. The van der Waals surface area contributed by atoms with E-state index in [1.54, 1.807) is 0 Å². The molecule has 0 bridgehead atoms. The standard InChI is InChI=1S/C22H27N3S/c1-25(2)20-10-6-4-8-18(20)16-23-21-22(11-13-26-14-12-22)15-17-7-3-5-9-19(17)24-21/h3-10H,11-16H2,1-2H3,(H,23,24). The van der Waals surface area contributed by atoms with Crippen molar-refractivity contribution in [2.75, 3.05) is 35.8 Å². The maximum atomic E-state index is 5.14. The predicted molar refractivity (Wildman–Crippen MR) is 115 cm³/mol. The van der Waals surface area contributed by atoms with Gasteiger partial charge in [0.15, 0.2) is 0 Å². The van der Waals surface area contributed by atoms with Crippen molar-refractivity contribution in [2.45, 2.75) is 25.8 Å². The largest absolute Gasteiger partial charge is 0.377 e. The summed E-state index contributed by atoms with van der Waals surface area (Å²) in [4.78, 5) is 7.31. The van der Waals surface area contributed by atoms with Crippen LogP contribution in [0.1, 0.15) is 24.0 Å². The smallest absolute Gasteiger partial charge is 0.108 e. The van der Waals surface area contributed by atoms with E-state index in [2.05, 4.69) is 84.6 Å². The van der Waals surface area contributed by atoms with Gasteiger partial charge in [-0.05, 0) is 54.0 Å². The molecule has 26 heavy (non-hydrogen) atoms. The fourth-order valence-corrected chi connectivity index (χ4v) is 5.41. The Balaban J connectivity index is 1.68. The number of nitrogens with zero attached hydrogens (tertiary/aromatic N) is 2. The SMILES string of the molecule is CN(C)c1ccccc1CN=C1Nc2ccccc2CC12CCSCC2. The number of hydrogen-bond donors (Lipinski definition) is 1. The van der Waals surface area contributed by atoms with E-state index >= 15 is 0 Å². The van der Waals surface area contributed by atoms with Gasteiger partial charge in [0.1, 0.15) is 5.84 Å². The summed E-state index contributed by atoms with van der Waals surface area (Å²) in [5.41, 5.74) is 5.39. The third-order valence-electron chi connectivity index (χ3n) is 5.63. The Morgan fingerprint density at radius 3 is 2.58 bits per heavy atom. The number of rotatable bonds is 3. The molecule has 1 spiro atoms. The number of amidine groups is 1. The number of fused-ring (bicyclic) bond motifs is 1. The van der Waals surface area contributed by atoms with E-state index in [1.807, 2.05) is 0 Å². The van der Waals surface area contributed by atoms with Crippen LogP contribution >= 0.6 is 11.8 Å². The highest BCUT2D eigenvalue weighted by atomic mass is 32.2. The maximum absolute atomic E-state index is 5.14. The lowest BCUT2D eigenvalue weighted by Gasteiger charge is -2.42. The van der Waals surface area contributed by atoms with Gasteiger partial charge < -0.3 is 10.2 Å². The Morgan fingerprint density at radius 2 is 1.77 bits per heavy atom. The summed E-state index contributed by atoms with van der Waals surface area (Å²) in [6.45, 7) is 0.730. The van der Waals surface area contributed by atoms with E-state index < -0.39 is 0 Å². The van der Waals surface area contributed by atoms with Crippen LogP contribution in [0.3, 0.4) is 0 Å². The summed E-state index contributed by atoms with van der Waals surface area (Å²) < 4.78 is 0. The van der Waals surface area contributed by atoms with Gasteiger partial charge >= 0.3 is 0 Å². The van der Waals surface area contributed by atoms with E-state index in [0.29, 0.717) is 0 Å². The molecule has 0 amide bonds. The van der Waals surface area contributed by atoms with E-state index in [0.717, 1.165) is 13.0 Å². The lowest BCUT2D eigenvalue weighted by atomic mass is 9.73. The molecule has 2 aromatic carbocycles. The fourth-order valence-electron chi connectivity index (χ4n) is 4.13. The maximum Gasteiger partial charge on any atom is 0.108 e. The van der Waals surface area contributed by atoms with Crippen molar-refractivity contribution in [2.24, 2.45) is 10.4 Å². The first-order valence-electron chi connectivity index (χ1n) is 9.41. The summed E-state index contributed by atoms with van der Waals surface area (Å²) in [5, 5.41) is 3.70. The van der Waals surface area contributed by atoms with Crippen molar-refractivity contribution in [3.63, 3.8) is 0 Å². The minimum atomic E-state index is 0.187. The van der Waals surface area contributed by atoms with Gasteiger partial charge in [-0.3, -0.25) is 4.99 Å². The summed E-state index contributed by atoms with van der Waals surface area (Å²) in [7, 11) is 4.20. The third kappa shape index (κ3) is 3.35. The molecule has 0 aromatic heterocycles. The molecular weight excluding hydrogens is 338 g/mol. The average molecular weight is 366 g/mol. The number of hydrogen-bond acceptors (Lipinski definition) is 3. The van der Waals surface area contributed by atoms with Gasteiger partial charge in [-0.15, -0.1) is 0 Å². The van der Waals surface area contributed by atoms with Crippen LogP contribution in [0.4, 0.5) is 11.4 Å². The first kappa shape index (κ1) is 17.5. The molecule has 0 radical (unpaired) electrons. The van der Waals surface area contributed by atoms with Crippen molar-refractivity contribution in [3.8, 4) is 0 Å². The van der Waals surface area contributed by atoms with Gasteiger partial charge in [-0.25, -0.2) is 0 Å². The predicted octanol–water partition coefficient (Wildman–Crippen LogP) is 4.83. The summed E-state index contributed by atoms with van der Waals surface area (Å²) in [6, 6.07) is 17.3. The van der Waals surface area contributed by atoms with Gasteiger partial charge in [0, 0.05) is 30.9 Å². The van der Waals surface area contributed by atoms with Crippen molar-refractivity contribution in [3.05, 3.63) is 59.7 Å². The molecule has 2 aliphatic heterocycles. The normalized spacial score (nSPS) is 19.8. The zero-order valence-corrected chi connectivity index (χ0v) is 16.5. The first-order chi connectivity index (χ1) is 12.7. The van der Waals surface area contributed by atoms with Crippen LogP contribution in [0.2, 0.25) is 0 Å². The van der Waals surface area contributed by atoms with E-state index in [9.17, 15) is 0 Å². The molecule has 1 N–H and O–H groups in total. The average Bonchev–Trinajstić information content (AvgIpc) is 2.67. The highest BCUT2D eigenvalue weighted by Crippen LogP contribution is 2.44. The molecule has 0 unspecified atom stereocenters. The first-order valence-corrected chi connectivity index (χ1v) is 10.6. The number of para-hydroxylation sites is 2. The molecule has 4 rings (SSSR count). The molecular formula is C22H27N3S. The van der Waals surface area contributed by atoms with Crippen molar-refractivity contribution >= 4 is 29.0 Å². The van der Waals surface area contributed by atoms with Crippen molar-refractivity contribution in [1.82, 2.24) is 0 Å². The number of anilines is 2. The van der Waals surface area contributed by atoms with Crippen LogP contribution < -0.4 is 10.2 Å². The highest BCUT2D eigenvalue weighted by Gasteiger charge is 2.41.